The molecule has 0 saturated carbocycles. The van der Waals surface area contributed by atoms with E-state index in [9.17, 15) is 4.79 Å². The van der Waals surface area contributed by atoms with Gasteiger partial charge in [0.05, 0.1) is 19.8 Å². The maximum Gasteiger partial charge on any atom is 0.241 e. The minimum atomic E-state index is -0.484. The van der Waals surface area contributed by atoms with Crippen LogP contribution in [0.4, 0.5) is 5.69 Å². The van der Waals surface area contributed by atoms with Crippen molar-refractivity contribution < 1.29 is 14.3 Å². The number of carbonyl (C=O) groups is 1. The molecule has 0 aliphatic carbocycles. The van der Waals surface area contributed by atoms with Gasteiger partial charge in [-0.1, -0.05) is 13.3 Å². The SMILES string of the molecule is CCC[C@@H](N)C(=O)Nc1ccc(OC)c(OCC)c1. The fourth-order valence-corrected chi connectivity index (χ4v) is 1.70. The highest BCUT2D eigenvalue weighted by Crippen LogP contribution is 2.30. The van der Waals surface area contributed by atoms with Crippen molar-refractivity contribution in [2.75, 3.05) is 19.0 Å². The average Bonchev–Trinajstić information content (AvgIpc) is 2.39. The number of nitrogens with two attached hydrogens (primary N) is 1. The van der Waals surface area contributed by atoms with Crippen LogP contribution in [0.3, 0.4) is 0 Å². The maximum atomic E-state index is 11.8. The Hall–Kier alpha value is -1.75. The van der Waals surface area contributed by atoms with Crippen molar-refractivity contribution >= 4 is 11.6 Å². The van der Waals surface area contributed by atoms with Crippen LogP contribution in [0.1, 0.15) is 26.7 Å². The molecule has 0 saturated heterocycles. The fourth-order valence-electron chi connectivity index (χ4n) is 1.70. The Morgan fingerprint density at radius 3 is 2.68 bits per heavy atom. The summed E-state index contributed by atoms with van der Waals surface area (Å²) in [7, 11) is 1.58. The predicted molar refractivity (Wildman–Crippen MR) is 75.7 cm³/mol. The van der Waals surface area contributed by atoms with Crippen molar-refractivity contribution in [3.8, 4) is 11.5 Å². The predicted octanol–water partition coefficient (Wildman–Crippen LogP) is 2.16. The Morgan fingerprint density at radius 2 is 2.11 bits per heavy atom. The highest BCUT2D eigenvalue weighted by molar-refractivity contribution is 5.94. The van der Waals surface area contributed by atoms with E-state index in [4.69, 9.17) is 15.2 Å². The molecule has 0 unspecified atom stereocenters. The molecular formula is C14H22N2O3. The number of anilines is 1. The van der Waals surface area contributed by atoms with Crippen molar-refractivity contribution in [1.29, 1.82) is 0 Å². The van der Waals surface area contributed by atoms with Crippen LogP contribution in [0.15, 0.2) is 18.2 Å². The summed E-state index contributed by atoms with van der Waals surface area (Å²) in [6.07, 6.45) is 1.54. The van der Waals surface area contributed by atoms with Crippen LogP contribution in [-0.4, -0.2) is 25.7 Å². The standard InChI is InChI=1S/C14H22N2O3/c1-4-6-11(15)14(17)16-10-7-8-12(18-3)13(9-10)19-5-2/h7-9,11H,4-6,15H2,1-3H3,(H,16,17)/t11-/m1/s1. The molecule has 5 heteroatoms. The van der Waals surface area contributed by atoms with Crippen molar-refractivity contribution in [3.05, 3.63) is 18.2 Å². The van der Waals surface area contributed by atoms with E-state index in [0.29, 0.717) is 30.2 Å². The summed E-state index contributed by atoms with van der Waals surface area (Å²) in [6, 6.07) is 4.77. The van der Waals surface area contributed by atoms with Crippen molar-refractivity contribution in [1.82, 2.24) is 0 Å². The van der Waals surface area contributed by atoms with E-state index in [0.717, 1.165) is 6.42 Å². The summed E-state index contributed by atoms with van der Waals surface area (Å²) < 4.78 is 10.6. The molecule has 1 amide bonds. The molecule has 19 heavy (non-hydrogen) atoms. The lowest BCUT2D eigenvalue weighted by atomic mass is 10.1. The van der Waals surface area contributed by atoms with Crippen LogP contribution in [0.2, 0.25) is 0 Å². The van der Waals surface area contributed by atoms with Crippen molar-refractivity contribution in [2.24, 2.45) is 5.73 Å². The highest BCUT2D eigenvalue weighted by atomic mass is 16.5. The van der Waals surface area contributed by atoms with Gasteiger partial charge in [-0.2, -0.15) is 0 Å². The molecule has 0 aromatic heterocycles. The van der Waals surface area contributed by atoms with Gasteiger partial charge in [0.15, 0.2) is 11.5 Å². The molecule has 0 fully saturated rings. The number of nitrogens with one attached hydrogen (secondary N) is 1. The van der Waals surface area contributed by atoms with Gasteiger partial charge in [-0.15, -0.1) is 0 Å². The number of hydrogen-bond acceptors (Lipinski definition) is 4. The zero-order valence-corrected chi connectivity index (χ0v) is 11.7. The molecule has 3 N–H and O–H groups in total. The summed E-state index contributed by atoms with van der Waals surface area (Å²) in [5, 5.41) is 2.78. The van der Waals surface area contributed by atoms with Crippen LogP contribution >= 0.6 is 0 Å². The Bertz CT molecular complexity index is 421. The maximum absolute atomic E-state index is 11.8. The molecule has 0 spiro atoms. The first-order chi connectivity index (χ1) is 9.12. The fraction of sp³-hybridized carbons (Fsp3) is 0.500. The minimum absolute atomic E-state index is 0.186. The van der Waals surface area contributed by atoms with Crippen LogP contribution < -0.4 is 20.5 Å². The molecule has 0 heterocycles. The normalized spacial score (nSPS) is 11.8. The molecule has 5 nitrogen and oxygen atoms in total. The molecule has 0 aliphatic rings. The van der Waals surface area contributed by atoms with Gasteiger partial charge in [0.1, 0.15) is 0 Å². The highest BCUT2D eigenvalue weighted by Gasteiger charge is 2.13. The topological polar surface area (TPSA) is 73.6 Å². The number of amides is 1. The molecule has 1 atom stereocenters. The summed E-state index contributed by atoms with van der Waals surface area (Å²) in [4.78, 5) is 11.8. The molecule has 0 radical (unpaired) electrons. The van der Waals surface area contributed by atoms with Gasteiger partial charge in [0, 0.05) is 11.8 Å². The van der Waals surface area contributed by atoms with E-state index in [1.807, 2.05) is 13.8 Å². The zero-order valence-electron chi connectivity index (χ0n) is 11.7. The van der Waals surface area contributed by atoms with Gasteiger partial charge in [-0.3, -0.25) is 4.79 Å². The Morgan fingerprint density at radius 1 is 1.37 bits per heavy atom. The Labute approximate surface area is 114 Å². The van der Waals surface area contributed by atoms with Crippen molar-refractivity contribution in [3.63, 3.8) is 0 Å². The van der Waals surface area contributed by atoms with Crippen LogP contribution in [0.5, 0.6) is 11.5 Å². The van der Waals surface area contributed by atoms with E-state index in [1.165, 1.54) is 0 Å². The molecule has 1 rings (SSSR count). The smallest absolute Gasteiger partial charge is 0.241 e. The Kier molecular flexibility index (Phi) is 6.15. The third kappa shape index (κ3) is 4.44. The van der Waals surface area contributed by atoms with Gasteiger partial charge < -0.3 is 20.5 Å². The third-order valence-electron chi connectivity index (χ3n) is 2.67. The summed E-state index contributed by atoms with van der Waals surface area (Å²) >= 11 is 0. The van der Waals surface area contributed by atoms with Gasteiger partial charge >= 0.3 is 0 Å². The summed E-state index contributed by atoms with van der Waals surface area (Å²) in [5.41, 5.74) is 6.41. The first-order valence-electron chi connectivity index (χ1n) is 6.49. The monoisotopic (exact) mass is 266 g/mol. The second kappa shape index (κ2) is 7.63. The third-order valence-corrected chi connectivity index (χ3v) is 2.67. The van der Waals surface area contributed by atoms with Crippen molar-refractivity contribution in [2.45, 2.75) is 32.7 Å². The number of benzene rings is 1. The molecule has 1 aromatic rings. The van der Waals surface area contributed by atoms with E-state index in [-0.39, 0.29) is 5.91 Å². The molecule has 0 bridgehead atoms. The Balaban J connectivity index is 2.78. The van der Waals surface area contributed by atoms with Gasteiger partial charge in [0.25, 0.3) is 0 Å². The number of rotatable bonds is 7. The number of methoxy groups -OCH3 is 1. The van der Waals surface area contributed by atoms with Crippen LogP contribution in [0.25, 0.3) is 0 Å². The second-order valence-corrected chi connectivity index (χ2v) is 4.18. The number of carbonyl (C=O) groups excluding carboxylic acids is 1. The molecule has 0 aliphatic heterocycles. The second-order valence-electron chi connectivity index (χ2n) is 4.18. The summed E-state index contributed by atoms with van der Waals surface area (Å²) in [6.45, 7) is 4.42. The quantitative estimate of drug-likeness (QED) is 0.793. The lowest BCUT2D eigenvalue weighted by Gasteiger charge is -2.14. The molecule has 1 aromatic carbocycles. The summed E-state index contributed by atoms with van der Waals surface area (Å²) in [5.74, 6) is 1.05. The lowest BCUT2D eigenvalue weighted by molar-refractivity contribution is -0.117. The van der Waals surface area contributed by atoms with Gasteiger partial charge in [-0.05, 0) is 25.5 Å². The largest absolute Gasteiger partial charge is 0.493 e. The zero-order chi connectivity index (χ0) is 14.3. The number of ether oxygens (including phenoxy) is 2. The van der Waals surface area contributed by atoms with Gasteiger partial charge in [0.2, 0.25) is 5.91 Å². The van der Waals surface area contributed by atoms with Crippen LogP contribution in [-0.2, 0) is 4.79 Å². The van der Waals surface area contributed by atoms with E-state index < -0.39 is 6.04 Å². The first-order valence-corrected chi connectivity index (χ1v) is 6.49. The average molecular weight is 266 g/mol. The van der Waals surface area contributed by atoms with Crippen LogP contribution in [0, 0.1) is 0 Å². The lowest BCUT2D eigenvalue weighted by Crippen LogP contribution is -2.35. The minimum Gasteiger partial charge on any atom is -0.493 e. The van der Waals surface area contributed by atoms with E-state index >= 15 is 0 Å². The first kappa shape index (κ1) is 15.3. The number of hydrogen-bond donors (Lipinski definition) is 2. The van der Waals surface area contributed by atoms with E-state index in [1.54, 1.807) is 25.3 Å². The molecular weight excluding hydrogens is 244 g/mol. The van der Waals surface area contributed by atoms with E-state index in [2.05, 4.69) is 5.32 Å². The van der Waals surface area contributed by atoms with Gasteiger partial charge in [-0.25, -0.2) is 0 Å². The molecule has 106 valence electrons.